The first kappa shape index (κ1) is 30.3. The number of nitrogens with zero attached hydrogens (tertiary/aromatic N) is 3. The molecule has 1 aliphatic heterocycles. The highest BCUT2D eigenvalue weighted by molar-refractivity contribution is 6.02. The van der Waals surface area contributed by atoms with Crippen molar-refractivity contribution < 1.29 is 23.6 Å². The van der Waals surface area contributed by atoms with Crippen LogP contribution in [0.1, 0.15) is 54.9 Å². The predicted molar refractivity (Wildman–Crippen MR) is 163 cm³/mol. The molecule has 1 unspecified atom stereocenters. The van der Waals surface area contributed by atoms with Crippen molar-refractivity contribution in [2.75, 3.05) is 12.0 Å². The molecule has 1 atom stereocenters. The number of halogens is 1. The molecule has 2 N–H and O–H groups in total. The van der Waals surface area contributed by atoms with Gasteiger partial charge in [0.25, 0.3) is 5.69 Å². The topological polar surface area (TPSA) is 132 Å². The first-order valence-electron chi connectivity index (χ1n) is 14.1. The predicted octanol–water partition coefficient (Wildman–Crippen LogP) is 6.88. The summed E-state index contributed by atoms with van der Waals surface area (Å²) in [4.78, 5) is 26.7. The van der Waals surface area contributed by atoms with E-state index in [4.69, 9.17) is 15.2 Å². The molecule has 0 aromatic heterocycles. The Hall–Kier alpha value is -5.17. The van der Waals surface area contributed by atoms with Crippen LogP contribution in [-0.4, -0.2) is 17.8 Å². The van der Waals surface area contributed by atoms with Gasteiger partial charge in [-0.25, -0.2) is 4.39 Å². The Morgan fingerprint density at radius 2 is 1.77 bits per heavy atom. The molecule has 10 heteroatoms. The van der Waals surface area contributed by atoms with Crippen LogP contribution >= 0.6 is 0 Å². The zero-order valence-corrected chi connectivity index (χ0v) is 25.2. The average Bonchev–Trinajstić information content (AvgIpc) is 2.96. The molecule has 3 aromatic carbocycles. The van der Waals surface area contributed by atoms with Crippen LogP contribution in [0.3, 0.4) is 0 Å². The fraction of sp³-hybridized carbons (Fsp3) is 0.294. The second-order valence-electron chi connectivity index (χ2n) is 12.0. The van der Waals surface area contributed by atoms with Gasteiger partial charge in [0.05, 0.1) is 35.7 Å². The molecule has 0 saturated heterocycles. The summed E-state index contributed by atoms with van der Waals surface area (Å²) in [6.45, 7) is 7.99. The van der Waals surface area contributed by atoms with E-state index >= 15 is 0 Å². The van der Waals surface area contributed by atoms with Crippen LogP contribution in [-0.2, 0) is 11.4 Å². The monoisotopic (exact) mass is 596 g/mol. The number of methoxy groups -OCH3 is 1. The fourth-order valence-corrected chi connectivity index (χ4v) is 6.14. The Morgan fingerprint density at radius 1 is 1.09 bits per heavy atom. The van der Waals surface area contributed by atoms with E-state index in [0.717, 1.165) is 34.4 Å². The Balaban J connectivity index is 1.67. The molecule has 226 valence electrons. The Morgan fingerprint density at radius 3 is 2.41 bits per heavy atom. The van der Waals surface area contributed by atoms with E-state index in [1.165, 1.54) is 11.0 Å². The second-order valence-corrected chi connectivity index (χ2v) is 12.0. The molecule has 5 rings (SSSR count). The molecule has 0 bridgehead atoms. The van der Waals surface area contributed by atoms with E-state index in [0.29, 0.717) is 29.2 Å². The molecule has 0 spiro atoms. The third kappa shape index (κ3) is 5.49. The minimum Gasteiger partial charge on any atom is -0.497 e. The third-order valence-corrected chi connectivity index (χ3v) is 8.25. The smallest absolute Gasteiger partial charge is 0.296 e. The maximum atomic E-state index is 14.1. The summed E-state index contributed by atoms with van der Waals surface area (Å²) in [6.07, 6.45) is 0.579. The van der Waals surface area contributed by atoms with E-state index in [1.54, 1.807) is 19.2 Å². The molecule has 2 aliphatic rings. The van der Waals surface area contributed by atoms with Gasteiger partial charge in [0.15, 0.2) is 5.78 Å². The van der Waals surface area contributed by atoms with Crippen LogP contribution in [0.15, 0.2) is 77.3 Å². The van der Waals surface area contributed by atoms with Crippen molar-refractivity contribution in [3.63, 3.8) is 0 Å². The zero-order chi connectivity index (χ0) is 31.9. The highest BCUT2D eigenvalue weighted by Crippen LogP contribution is 2.52. The lowest BCUT2D eigenvalue weighted by Crippen LogP contribution is -2.42. The van der Waals surface area contributed by atoms with E-state index in [1.807, 2.05) is 52.0 Å². The largest absolute Gasteiger partial charge is 0.497 e. The Labute approximate surface area is 255 Å². The van der Waals surface area contributed by atoms with Gasteiger partial charge in [-0.15, -0.1) is 0 Å². The number of aryl methyl sites for hydroxylation is 2. The zero-order valence-electron chi connectivity index (χ0n) is 25.2. The van der Waals surface area contributed by atoms with Crippen molar-refractivity contribution in [2.24, 2.45) is 11.1 Å². The van der Waals surface area contributed by atoms with Crippen molar-refractivity contribution in [3.8, 4) is 17.6 Å². The van der Waals surface area contributed by atoms with Crippen molar-refractivity contribution in [2.45, 2.75) is 53.1 Å². The number of carbonyl (C=O) groups excluding carboxylic acids is 1. The Kier molecular flexibility index (Phi) is 7.91. The number of nitro groups is 1. The van der Waals surface area contributed by atoms with Crippen molar-refractivity contribution in [1.29, 1.82) is 5.26 Å². The molecule has 1 heterocycles. The first-order chi connectivity index (χ1) is 20.8. The van der Waals surface area contributed by atoms with Gasteiger partial charge in [-0.05, 0) is 84.3 Å². The summed E-state index contributed by atoms with van der Waals surface area (Å²) in [6, 6.07) is 16.5. The summed E-state index contributed by atoms with van der Waals surface area (Å²) >= 11 is 0. The van der Waals surface area contributed by atoms with Gasteiger partial charge in [-0.1, -0.05) is 26.0 Å². The van der Waals surface area contributed by atoms with Crippen molar-refractivity contribution in [3.05, 3.63) is 115 Å². The maximum Gasteiger partial charge on any atom is 0.296 e. The molecule has 0 fully saturated rings. The summed E-state index contributed by atoms with van der Waals surface area (Å²) in [7, 11) is 1.59. The third-order valence-electron chi connectivity index (χ3n) is 8.25. The molecular formula is C34H33FN4O5. The lowest BCUT2D eigenvalue weighted by atomic mass is 9.68. The van der Waals surface area contributed by atoms with Crippen LogP contribution in [0.4, 0.5) is 15.8 Å². The summed E-state index contributed by atoms with van der Waals surface area (Å²) in [5, 5.41) is 22.5. The normalized spacial score (nSPS) is 17.7. The van der Waals surface area contributed by atoms with Crippen LogP contribution < -0.4 is 20.1 Å². The minimum atomic E-state index is -0.797. The minimum absolute atomic E-state index is 0.00712. The molecule has 9 nitrogen and oxygen atoms in total. The van der Waals surface area contributed by atoms with E-state index in [-0.39, 0.29) is 35.9 Å². The van der Waals surface area contributed by atoms with Crippen molar-refractivity contribution >= 4 is 17.2 Å². The van der Waals surface area contributed by atoms with Gasteiger partial charge in [-0.3, -0.25) is 19.8 Å². The lowest BCUT2D eigenvalue weighted by Gasteiger charge is -2.43. The number of hydrogen-bond donors (Lipinski definition) is 1. The highest BCUT2D eigenvalue weighted by atomic mass is 19.1. The molecule has 3 aromatic rings. The van der Waals surface area contributed by atoms with Gasteiger partial charge in [0.1, 0.15) is 35.4 Å². The SMILES string of the molecule is COc1ccc(OCc2cc(C3C(C#N)=C(N)N(c4ccc(F)cc4[N+](=O)[O-])C4=C3C(=O)CC(C)(C)C4)c(C)cc2C)cc1. The van der Waals surface area contributed by atoms with Crippen LogP contribution in [0.5, 0.6) is 11.5 Å². The first-order valence-corrected chi connectivity index (χ1v) is 14.1. The number of hydrogen-bond acceptors (Lipinski definition) is 8. The number of nitriles is 1. The van der Waals surface area contributed by atoms with E-state index in [2.05, 4.69) is 6.07 Å². The fourth-order valence-electron chi connectivity index (χ4n) is 6.14. The van der Waals surface area contributed by atoms with E-state index in [9.17, 15) is 24.6 Å². The quantitative estimate of drug-likeness (QED) is 0.231. The molecule has 0 radical (unpaired) electrons. The number of nitrogens with two attached hydrogens (primary N) is 1. The Bertz CT molecular complexity index is 1790. The molecule has 1 aliphatic carbocycles. The number of ketones is 1. The number of carbonyl (C=O) groups is 1. The number of allylic oxidation sites excluding steroid dienone is 3. The van der Waals surface area contributed by atoms with Gasteiger partial charge >= 0.3 is 0 Å². The van der Waals surface area contributed by atoms with Crippen molar-refractivity contribution in [1.82, 2.24) is 0 Å². The number of anilines is 1. The van der Waals surface area contributed by atoms with Gasteiger partial charge in [-0.2, -0.15) is 5.26 Å². The number of rotatable bonds is 7. The number of nitro benzene ring substituents is 1. The molecule has 44 heavy (non-hydrogen) atoms. The van der Waals surface area contributed by atoms with Gasteiger partial charge in [0, 0.05) is 17.7 Å². The standard InChI is InChI=1S/C34H33FN4O5/c1-19-12-20(2)25(13-21(19)18-44-24-9-7-23(43-5)8-10-24)31-26(17-36)33(37)38(27-11-6-22(35)14-28(27)39(41)42)29-15-34(3,4)16-30(40)32(29)31/h6-14,31H,15-16,18,37H2,1-5H3. The molecular weight excluding hydrogens is 563 g/mol. The number of Topliss-reactive ketones (excluding diaryl/α,β-unsaturated/α-hetero) is 1. The lowest BCUT2D eigenvalue weighted by molar-refractivity contribution is -0.384. The number of ether oxygens (including phenoxy) is 2. The van der Waals surface area contributed by atoms with Gasteiger partial charge in [0.2, 0.25) is 0 Å². The molecule has 0 amide bonds. The second kappa shape index (κ2) is 11.5. The van der Waals surface area contributed by atoms with Crippen LogP contribution in [0, 0.1) is 46.5 Å². The van der Waals surface area contributed by atoms with Crippen LogP contribution in [0.2, 0.25) is 0 Å². The number of benzene rings is 3. The highest BCUT2D eigenvalue weighted by Gasteiger charge is 2.46. The van der Waals surface area contributed by atoms with Crippen LogP contribution in [0.25, 0.3) is 0 Å². The summed E-state index contributed by atoms with van der Waals surface area (Å²) < 4.78 is 25.4. The maximum absolute atomic E-state index is 14.1. The summed E-state index contributed by atoms with van der Waals surface area (Å²) in [5.74, 6) is -0.430. The average molecular weight is 597 g/mol. The molecule has 0 saturated carbocycles. The van der Waals surface area contributed by atoms with E-state index < -0.39 is 27.8 Å². The van der Waals surface area contributed by atoms with Gasteiger partial charge < -0.3 is 15.2 Å². The summed E-state index contributed by atoms with van der Waals surface area (Å²) in [5.41, 5.74) is 10.0.